The van der Waals surface area contributed by atoms with Crippen LogP contribution in [0.1, 0.15) is 23.2 Å². The summed E-state index contributed by atoms with van der Waals surface area (Å²) in [5.41, 5.74) is 0.759. The van der Waals surface area contributed by atoms with Gasteiger partial charge in [0.1, 0.15) is 0 Å². The van der Waals surface area contributed by atoms with E-state index in [9.17, 15) is 18.4 Å². The molecule has 9 heteroatoms. The molecule has 30 heavy (non-hydrogen) atoms. The molecule has 0 saturated carbocycles. The number of carbonyl (C=O) groups excluding carboxylic acids is 2. The minimum absolute atomic E-state index is 0.0535. The Bertz CT molecular complexity index is 982. The number of nitrogens with zero attached hydrogens (tertiary/aromatic N) is 2. The fraction of sp³-hybridized carbons (Fsp3) is 0.333. The van der Waals surface area contributed by atoms with Crippen LogP contribution in [-0.4, -0.2) is 52.0 Å². The maximum absolute atomic E-state index is 13.4. The van der Waals surface area contributed by atoms with Crippen LogP contribution in [0.3, 0.4) is 0 Å². The first-order valence-corrected chi connectivity index (χ1v) is 11.0. The predicted molar refractivity (Wildman–Crippen MR) is 114 cm³/mol. The number of urea groups is 1. The summed E-state index contributed by atoms with van der Waals surface area (Å²) in [6.07, 6.45) is 1.27. The van der Waals surface area contributed by atoms with Crippen molar-refractivity contribution in [3.63, 3.8) is 0 Å². The number of halogens is 3. The lowest BCUT2D eigenvalue weighted by Crippen LogP contribution is -2.54. The molecule has 0 radical (unpaired) electrons. The third kappa shape index (κ3) is 4.11. The topological polar surface area (TPSA) is 52.7 Å². The van der Waals surface area contributed by atoms with E-state index in [1.807, 2.05) is 4.90 Å². The number of carbonyl (C=O) groups is 2. The summed E-state index contributed by atoms with van der Waals surface area (Å²) in [4.78, 5) is 28.8. The van der Waals surface area contributed by atoms with E-state index in [1.165, 1.54) is 6.07 Å². The van der Waals surface area contributed by atoms with Crippen LogP contribution in [0.25, 0.3) is 0 Å². The number of anilines is 1. The minimum Gasteiger partial charge on any atom is -0.324 e. The molecule has 2 fully saturated rings. The largest absolute Gasteiger partial charge is 0.324 e. The van der Waals surface area contributed by atoms with Crippen molar-refractivity contribution in [1.29, 1.82) is 0 Å². The fourth-order valence-electron chi connectivity index (χ4n) is 3.92. The molecule has 1 N–H and O–H groups in total. The second kappa shape index (κ2) is 8.43. The summed E-state index contributed by atoms with van der Waals surface area (Å²) in [5.74, 6) is -1.19. The van der Waals surface area contributed by atoms with Gasteiger partial charge in [-0.05, 0) is 43.2 Å². The first-order valence-electron chi connectivity index (χ1n) is 9.60. The molecule has 0 aliphatic carbocycles. The number of hydrogen-bond donors (Lipinski definition) is 1. The van der Waals surface area contributed by atoms with Gasteiger partial charge in [0.05, 0.1) is 4.87 Å². The van der Waals surface area contributed by atoms with Crippen LogP contribution in [0.15, 0.2) is 42.5 Å². The number of rotatable bonds is 2. The molecule has 0 aromatic heterocycles. The van der Waals surface area contributed by atoms with Crippen LogP contribution < -0.4 is 5.32 Å². The number of likely N-dealkylation sites (tertiary alicyclic amines) is 1. The van der Waals surface area contributed by atoms with E-state index in [1.54, 1.807) is 40.9 Å². The molecule has 4 rings (SSSR count). The smallest absolute Gasteiger partial charge is 0.321 e. The van der Waals surface area contributed by atoms with Crippen LogP contribution in [0, 0.1) is 11.6 Å². The van der Waals surface area contributed by atoms with Gasteiger partial charge in [-0.1, -0.05) is 17.7 Å². The predicted octanol–water partition coefficient (Wildman–Crippen LogP) is 4.83. The first-order chi connectivity index (χ1) is 14.4. The van der Waals surface area contributed by atoms with Crippen LogP contribution in [0.4, 0.5) is 19.3 Å². The summed E-state index contributed by atoms with van der Waals surface area (Å²) in [5, 5.41) is 3.12. The second-order valence-corrected chi connectivity index (χ2v) is 9.20. The molecule has 2 aliphatic rings. The molecule has 1 spiro atoms. The van der Waals surface area contributed by atoms with Gasteiger partial charge in [-0.25, -0.2) is 13.6 Å². The van der Waals surface area contributed by atoms with Crippen molar-refractivity contribution in [2.75, 3.05) is 30.7 Å². The molecule has 0 atom stereocenters. The van der Waals surface area contributed by atoms with Gasteiger partial charge >= 0.3 is 6.03 Å². The summed E-state index contributed by atoms with van der Waals surface area (Å²) in [6.45, 7) is 1.57. The molecule has 158 valence electrons. The molecule has 0 bridgehead atoms. The Kier molecular flexibility index (Phi) is 5.88. The highest BCUT2D eigenvalue weighted by molar-refractivity contribution is 8.00. The van der Waals surface area contributed by atoms with E-state index in [0.29, 0.717) is 43.1 Å². The number of hydrogen-bond acceptors (Lipinski definition) is 3. The Morgan fingerprint density at radius 2 is 1.80 bits per heavy atom. The highest BCUT2D eigenvalue weighted by Gasteiger charge is 2.47. The van der Waals surface area contributed by atoms with Crippen LogP contribution in [-0.2, 0) is 0 Å². The molecule has 2 aromatic rings. The van der Waals surface area contributed by atoms with Crippen LogP contribution >= 0.6 is 23.4 Å². The molecule has 2 heterocycles. The van der Waals surface area contributed by atoms with E-state index < -0.39 is 11.6 Å². The number of piperidine rings is 1. The fourth-order valence-corrected chi connectivity index (χ4v) is 5.57. The maximum Gasteiger partial charge on any atom is 0.321 e. The minimum atomic E-state index is -1.01. The van der Waals surface area contributed by atoms with Gasteiger partial charge in [0, 0.05) is 47.7 Å². The molecular weight excluding hydrogens is 432 g/mol. The Morgan fingerprint density at radius 1 is 1.03 bits per heavy atom. The van der Waals surface area contributed by atoms with E-state index >= 15 is 0 Å². The van der Waals surface area contributed by atoms with Gasteiger partial charge < -0.3 is 15.1 Å². The Labute approximate surface area is 182 Å². The Morgan fingerprint density at radius 3 is 2.50 bits per heavy atom. The van der Waals surface area contributed by atoms with Crippen molar-refractivity contribution in [3.05, 3.63) is 64.7 Å². The van der Waals surface area contributed by atoms with Crippen molar-refractivity contribution in [2.24, 2.45) is 0 Å². The van der Waals surface area contributed by atoms with Crippen molar-refractivity contribution in [1.82, 2.24) is 9.80 Å². The quantitative estimate of drug-likeness (QED) is 0.711. The molecule has 2 aliphatic heterocycles. The molecule has 2 aromatic carbocycles. The molecule has 5 nitrogen and oxygen atoms in total. The zero-order valence-electron chi connectivity index (χ0n) is 16.0. The summed E-state index contributed by atoms with van der Waals surface area (Å²) in [7, 11) is 0. The van der Waals surface area contributed by atoms with E-state index in [0.717, 1.165) is 17.9 Å². The van der Waals surface area contributed by atoms with Gasteiger partial charge in [-0.15, -0.1) is 11.8 Å². The van der Waals surface area contributed by atoms with E-state index in [2.05, 4.69) is 5.32 Å². The van der Waals surface area contributed by atoms with Crippen LogP contribution in [0.2, 0.25) is 5.02 Å². The van der Waals surface area contributed by atoms with E-state index in [4.69, 9.17) is 11.6 Å². The lowest BCUT2D eigenvalue weighted by molar-refractivity contribution is 0.0585. The average molecular weight is 452 g/mol. The molecule has 0 unspecified atom stereocenters. The second-order valence-electron chi connectivity index (χ2n) is 7.31. The Hall–Kier alpha value is -2.32. The van der Waals surface area contributed by atoms with Gasteiger partial charge in [-0.3, -0.25) is 4.79 Å². The monoisotopic (exact) mass is 451 g/mol. The SMILES string of the molecule is O=C(Nc1ccc(F)c(F)c1)N1CCC2(CC1)SCCN2C(=O)c1cccc(Cl)c1. The maximum atomic E-state index is 13.4. The third-order valence-electron chi connectivity index (χ3n) is 5.50. The zero-order chi connectivity index (χ0) is 21.3. The standard InChI is InChI=1S/C21H20ClF2N3O2S/c22-15-3-1-2-14(12-15)19(28)27-10-11-30-21(27)6-8-26(9-7-21)20(29)25-16-4-5-17(23)18(24)13-16/h1-5,12-13H,6-11H2,(H,25,29). The van der Waals surface area contributed by atoms with Gasteiger partial charge in [0.15, 0.2) is 11.6 Å². The highest BCUT2D eigenvalue weighted by atomic mass is 35.5. The Balaban J connectivity index is 1.41. The number of amides is 3. The molecule has 2 saturated heterocycles. The van der Waals surface area contributed by atoms with Crippen molar-refractivity contribution in [3.8, 4) is 0 Å². The number of thioether (sulfide) groups is 1. The number of benzene rings is 2. The highest BCUT2D eigenvalue weighted by Crippen LogP contribution is 2.44. The average Bonchev–Trinajstić information content (AvgIpc) is 3.13. The van der Waals surface area contributed by atoms with Gasteiger partial charge in [-0.2, -0.15) is 0 Å². The summed E-state index contributed by atoms with van der Waals surface area (Å²) >= 11 is 7.79. The molecular formula is C21H20ClF2N3O2S. The lowest BCUT2D eigenvalue weighted by Gasteiger charge is -2.44. The normalized spacial score (nSPS) is 18.0. The molecule has 3 amide bonds. The summed E-state index contributed by atoms with van der Waals surface area (Å²) < 4.78 is 26.4. The van der Waals surface area contributed by atoms with Crippen molar-refractivity contribution >= 4 is 41.0 Å². The summed E-state index contributed by atoms with van der Waals surface area (Å²) in [6, 6.07) is 9.81. The third-order valence-corrected chi connectivity index (χ3v) is 7.28. The van der Waals surface area contributed by atoms with Crippen LogP contribution in [0.5, 0.6) is 0 Å². The lowest BCUT2D eigenvalue weighted by atomic mass is 10.0. The van der Waals surface area contributed by atoms with Gasteiger partial charge in [0.25, 0.3) is 5.91 Å². The first kappa shape index (κ1) is 20.9. The van der Waals surface area contributed by atoms with Gasteiger partial charge in [0.2, 0.25) is 0 Å². The van der Waals surface area contributed by atoms with E-state index in [-0.39, 0.29) is 22.5 Å². The number of nitrogens with one attached hydrogen (secondary N) is 1. The van der Waals surface area contributed by atoms with Crippen molar-refractivity contribution < 1.29 is 18.4 Å². The zero-order valence-corrected chi connectivity index (χ0v) is 17.6. The van der Waals surface area contributed by atoms with Crippen molar-refractivity contribution in [2.45, 2.75) is 17.7 Å².